The van der Waals surface area contributed by atoms with Gasteiger partial charge in [0.1, 0.15) is 11.4 Å². The average Bonchev–Trinajstić information content (AvgIpc) is 2.25. The highest BCUT2D eigenvalue weighted by molar-refractivity contribution is 9.10. The maximum absolute atomic E-state index is 6.42. The van der Waals surface area contributed by atoms with Crippen LogP contribution in [0.2, 0.25) is 0 Å². The Morgan fingerprint density at radius 3 is 2.89 bits per heavy atom. The smallest absolute Gasteiger partial charge is 0.126 e. The summed E-state index contributed by atoms with van der Waals surface area (Å²) in [7, 11) is 0. The van der Waals surface area contributed by atoms with E-state index in [9.17, 15) is 0 Å². The number of ether oxygens (including phenoxy) is 1. The molecule has 0 radical (unpaired) electrons. The molecule has 1 fully saturated rings. The van der Waals surface area contributed by atoms with Crippen molar-refractivity contribution in [2.24, 2.45) is 11.1 Å². The Balaban J connectivity index is 1.95. The zero-order valence-corrected chi connectivity index (χ0v) is 13.8. The van der Waals surface area contributed by atoms with E-state index in [-0.39, 0.29) is 11.6 Å². The topological polar surface area (TPSA) is 35.2 Å². The molecule has 0 bridgehead atoms. The first-order valence-electron chi connectivity index (χ1n) is 6.71. The van der Waals surface area contributed by atoms with Crippen LogP contribution in [-0.4, -0.2) is 17.1 Å². The number of thioether (sulfide) groups is 1. The molecule has 1 spiro atoms. The standard InChI is InChI=1S/C15H20BrNOS/c1-14(2)7-15(9-19-8-14)6-12(17)11-4-3-10(16)5-13(11)18-15/h3-5,12H,6-9,17H2,1-2H3/t12-,15?/m0/s1. The van der Waals surface area contributed by atoms with Gasteiger partial charge in [-0.25, -0.2) is 0 Å². The van der Waals surface area contributed by atoms with Gasteiger partial charge in [0.15, 0.2) is 0 Å². The van der Waals surface area contributed by atoms with Gasteiger partial charge in [-0.1, -0.05) is 35.8 Å². The van der Waals surface area contributed by atoms with Crippen LogP contribution in [-0.2, 0) is 0 Å². The molecule has 1 aromatic rings. The van der Waals surface area contributed by atoms with E-state index >= 15 is 0 Å². The van der Waals surface area contributed by atoms with Crippen LogP contribution in [0.25, 0.3) is 0 Å². The molecule has 2 aliphatic rings. The van der Waals surface area contributed by atoms with Gasteiger partial charge in [0.25, 0.3) is 0 Å². The monoisotopic (exact) mass is 341 g/mol. The van der Waals surface area contributed by atoms with E-state index in [1.54, 1.807) is 0 Å². The first kappa shape index (κ1) is 13.8. The Morgan fingerprint density at radius 2 is 2.16 bits per heavy atom. The van der Waals surface area contributed by atoms with Crippen LogP contribution < -0.4 is 10.5 Å². The summed E-state index contributed by atoms with van der Waals surface area (Å²) in [5.41, 5.74) is 7.77. The molecule has 0 saturated carbocycles. The Hall–Kier alpha value is -0.190. The first-order chi connectivity index (χ1) is 8.89. The number of nitrogens with two attached hydrogens (primary N) is 1. The minimum atomic E-state index is -0.0837. The summed E-state index contributed by atoms with van der Waals surface area (Å²) in [6.07, 6.45) is 2.02. The van der Waals surface area contributed by atoms with Gasteiger partial charge >= 0.3 is 0 Å². The molecule has 1 unspecified atom stereocenters. The lowest BCUT2D eigenvalue weighted by Crippen LogP contribution is -2.51. The van der Waals surface area contributed by atoms with E-state index in [1.165, 1.54) is 5.75 Å². The molecule has 4 heteroatoms. The highest BCUT2D eigenvalue weighted by Gasteiger charge is 2.46. The fourth-order valence-corrected chi connectivity index (χ4v) is 5.12. The summed E-state index contributed by atoms with van der Waals surface area (Å²) in [5, 5.41) is 0. The molecule has 1 saturated heterocycles. The predicted molar refractivity (Wildman–Crippen MR) is 84.8 cm³/mol. The average molecular weight is 342 g/mol. The van der Waals surface area contributed by atoms with Gasteiger partial charge in [-0.3, -0.25) is 0 Å². The van der Waals surface area contributed by atoms with Crippen LogP contribution in [0.4, 0.5) is 0 Å². The van der Waals surface area contributed by atoms with E-state index in [1.807, 2.05) is 17.8 Å². The molecule has 2 heterocycles. The van der Waals surface area contributed by atoms with Crippen molar-refractivity contribution in [1.82, 2.24) is 0 Å². The van der Waals surface area contributed by atoms with E-state index in [4.69, 9.17) is 10.5 Å². The third kappa shape index (κ3) is 2.67. The van der Waals surface area contributed by atoms with Crippen molar-refractivity contribution in [2.45, 2.75) is 38.3 Å². The molecule has 104 valence electrons. The molecular formula is C15H20BrNOS. The van der Waals surface area contributed by atoms with Crippen molar-refractivity contribution in [3.63, 3.8) is 0 Å². The van der Waals surface area contributed by atoms with E-state index in [0.29, 0.717) is 5.41 Å². The maximum atomic E-state index is 6.42. The minimum Gasteiger partial charge on any atom is -0.486 e. The van der Waals surface area contributed by atoms with Gasteiger partial charge in [-0.05, 0) is 29.7 Å². The second-order valence-electron chi connectivity index (χ2n) is 6.61. The van der Waals surface area contributed by atoms with Crippen LogP contribution in [0.1, 0.15) is 38.3 Å². The Kier molecular flexibility index (Phi) is 3.39. The number of halogens is 1. The van der Waals surface area contributed by atoms with Gasteiger partial charge < -0.3 is 10.5 Å². The van der Waals surface area contributed by atoms with Crippen molar-refractivity contribution in [1.29, 1.82) is 0 Å². The van der Waals surface area contributed by atoms with Crippen LogP contribution in [0.15, 0.2) is 22.7 Å². The van der Waals surface area contributed by atoms with Gasteiger partial charge in [-0.15, -0.1) is 0 Å². The molecule has 0 aliphatic carbocycles. The Morgan fingerprint density at radius 1 is 1.37 bits per heavy atom. The lowest BCUT2D eigenvalue weighted by atomic mass is 9.76. The fourth-order valence-electron chi connectivity index (χ4n) is 3.37. The van der Waals surface area contributed by atoms with Crippen molar-refractivity contribution < 1.29 is 4.74 Å². The molecule has 1 aromatic carbocycles. The van der Waals surface area contributed by atoms with Gasteiger partial charge in [0.05, 0.1) is 0 Å². The SMILES string of the molecule is CC1(C)CSCC2(C[C@H](N)c3ccc(Br)cc3O2)C1. The summed E-state index contributed by atoms with van der Waals surface area (Å²) < 4.78 is 7.47. The molecule has 2 N–H and O–H groups in total. The lowest BCUT2D eigenvalue weighted by molar-refractivity contribution is 0.0166. The van der Waals surface area contributed by atoms with E-state index < -0.39 is 0 Å². The molecule has 3 rings (SSSR count). The fraction of sp³-hybridized carbons (Fsp3) is 0.600. The lowest BCUT2D eigenvalue weighted by Gasteiger charge is -2.48. The summed E-state index contributed by atoms with van der Waals surface area (Å²) in [6.45, 7) is 4.65. The van der Waals surface area contributed by atoms with Crippen LogP contribution in [0, 0.1) is 5.41 Å². The predicted octanol–water partition coefficient (Wildman–Crippen LogP) is 4.13. The zero-order chi connectivity index (χ0) is 13.7. The second kappa shape index (κ2) is 4.68. The van der Waals surface area contributed by atoms with Gasteiger partial charge in [0, 0.05) is 28.3 Å². The minimum absolute atomic E-state index is 0.0837. The van der Waals surface area contributed by atoms with Crippen LogP contribution in [0.5, 0.6) is 5.75 Å². The molecule has 19 heavy (non-hydrogen) atoms. The van der Waals surface area contributed by atoms with Crippen molar-refractivity contribution in [2.75, 3.05) is 11.5 Å². The summed E-state index contributed by atoms with van der Waals surface area (Å²) >= 11 is 5.52. The molecule has 2 aliphatic heterocycles. The Bertz CT molecular complexity index is 505. The van der Waals surface area contributed by atoms with Gasteiger partial charge in [0.2, 0.25) is 0 Å². The van der Waals surface area contributed by atoms with Crippen LogP contribution in [0.3, 0.4) is 0 Å². The molecule has 2 atom stereocenters. The number of hydrogen-bond acceptors (Lipinski definition) is 3. The van der Waals surface area contributed by atoms with Crippen LogP contribution >= 0.6 is 27.7 Å². The highest BCUT2D eigenvalue weighted by atomic mass is 79.9. The maximum Gasteiger partial charge on any atom is 0.126 e. The largest absolute Gasteiger partial charge is 0.486 e. The number of rotatable bonds is 0. The third-order valence-corrected chi connectivity index (χ3v) is 6.16. The van der Waals surface area contributed by atoms with Gasteiger partial charge in [-0.2, -0.15) is 11.8 Å². The van der Waals surface area contributed by atoms with E-state index in [2.05, 4.69) is 41.9 Å². The quantitative estimate of drug-likeness (QED) is 0.770. The zero-order valence-electron chi connectivity index (χ0n) is 11.4. The van der Waals surface area contributed by atoms with Crippen molar-refractivity contribution in [3.8, 4) is 5.75 Å². The van der Waals surface area contributed by atoms with E-state index in [0.717, 1.165) is 34.4 Å². The third-order valence-electron chi connectivity index (χ3n) is 3.95. The van der Waals surface area contributed by atoms with Crippen molar-refractivity contribution in [3.05, 3.63) is 28.2 Å². The summed E-state index contributed by atoms with van der Waals surface area (Å²) in [4.78, 5) is 0. The molecule has 0 amide bonds. The Labute approximate surface area is 127 Å². The van der Waals surface area contributed by atoms with Crippen molar-refractivity contribution >= 4 is 27.7 Å². The first-order valence-corrected chi connectivity index (χ1v) is 8.66. The number of hydrogen-bond donors (Lipinski definition) is 1. The molecule has 2 nitrogen and oxygen atoms in total. The molecular weight excluding hydrogens is 322 g/mol. The highest BCUT2D eigenvalue weighted by Crippen LogP contribution is 2.49. The molecule has 0 aromatic heterocycles. The summed E-state index contributed by atoms with van der Waals surface area (Å²) in [5.74, 6) is 3.22. The summed E-state index contributed by atoms with van der Waals surface area (Å²) in [6, 6.07) is 6.27. The normalized spacial score (nSPS) is 32.7. The number of fused-ring (bicyclic) bond motifs is 1. The second-order valence-corrected chi connectivity index (χ2v) is 8.51. The number of benzene rings is 1.